The molecule has 3 nitrogen and oxygen atoms in total. The van der Waals surface area contributed by atoms with Crippen molar-refractivity contribution in [1.82, 2.24) is 0 Å². The summed E-state index contributed by atoms with van der Waals surface area (Å²) in [5, 5.41) is 13.7. The minimum absolute atomic E-state index is 0.218. The zero-order chi connectivity index (χ0) is 14.1. The first-order chi connectivity index (χ1) is 9.67. The molecule has 0 aromatic heterocycles. The molecule has 0 aliphatic heterocycles. The van der Waals surface area contributed by atoms with Crippen LogP contribution in [0.25, 0.3) is 0 Å². The number of aromatic hydroxyl groups is 1. The molecule has 3 rings (SSSR count). The van der Waals surface area contributed by atoms with E-state index in [2.05, 4.69) is 5.32 Å². The Kier molecular flexibility index (Phi) is 3.45. The number of hydrogen-bond donors (Lipinski definition) is 2. The predicted molar refractivity (Wildman–Crippen MR) is 80.8 cm³/mol. The Morgan fingerprint density at radius 3 is 2.90 bits per heavy atom. The maximum atomic E-state index is 9.53. The fourth-order valence-electron chi connectivity index (χ4n) is 2.68. The molecule has 20 heavy (non-hydrogen) atoms. The van der Waals surface area contributed by atoms with E-state index < -0.39 is 0 Å². The Labute approximate surface area is 123 Å². The second-order valence-electron chi connectivity index (χ2n) is 4.96. The van der Waals surface area contributed by atoms with Gasteiger partial charge in [-0.2, -0.15) is 0 Å². The smallest absolute Gasteiger partial charge is 0.121 e. The van der Waals surface area contributed by atoms with Gasteiger partial charge in [-0.1, -0.05) is 17.7 Å². The molecule has 2 N–H and O–H groups in total. The number of rotatable bonds is 3. The topological polar surface area (TPSA) is 41.5 Å². The molecule has 0 heterocycles. The molecule has 1 aliphatic carbocycles. The number of phenols is 1. The Morgan fingerprint density at radius 1 is 1.25 bits per heavy atom. The summed E-state index contributed by atoms with van der Waals surface area (Å²) in [7, 11) is 1.64. The fraction of sp³-hybridized carbons (Fsp3) is 0.250. The molecule has 0 amide bonds. The lowest BCUT2D eigenvalue weighted by Crippen LogP contribution is -2.07. The molecule has 2 aromatic carbocycles. The van der Waals surface area contributed by atoms with E-state index >= 15 is 0 Å². The van der Waals surface area contributed by atoms with Crippen molar-refractivity contribution in [3.63, 3.8) is 0 Å². The van der Waals surface area contributed by atoms with Gasteiger partial charge in [0.2, 0.25) is 0 Å². The zero-order valence-electron chi connectivity index (χ0n) is 11.2. The Hall–Kier alpha value is -1.87. The molecule has 2 aromatic rings. The van der Waals surface area contributed by atoms with Crippen LogP contribution in [0.2, 0.25) is 5.02 Å². The van der Waals surface area contributed by atoms with E-state index in [-0.39, 0.29) is 6.04 Å². The quantitative estimate of drug-likeness (QED) is 0.892. The summed E-state index contributed by atoms with van der Waals surface area (Å²) in [6.45, 7) is 0. The molecule has 1 atom stereocenters. The number of halogens is 1. The summed E-state index contributed by atoms with van der Waals surface area (Å²) >= 11 is 6.23. The summed E-state index contributed by atoms with van der Waals surface area (Å²) in [5.74, 6) is 1.10. The molecule has 0 fully saturated rings. The molecule has 0 radical (unpaired) electrons. The van der Waals surface area contributed by atoms with Crippen LogP contribution in [0.15, 0.2) is 36.4 Å². The van der Waals surface area contributed by atoms with Crippen molar-refractivity contribution in [3.8, 4) is 11.5 Å². The van der Waals surface area contributed by atoms with Gasteiger partial charge < -0.3 is 15.2 Å². The average Bonchev–Trinajstić information content (AvgIpc) is 2.83. The first-order valence-electron chi connectivity index (χ1n) is 6.59. The highest BCUT2D eigenvalue weighted by atomic mass is 35.5. The monoisotopic (exact) mass is 289 g/mol. The third kappa shape index (κ3) is 2.41. The maximum absolute atomic E-state index is 9.53. The van der Waals surface area contributed by atoms with Gasteiger partial charge in [0.1, 0.15) is 11.5 Å². The highest BCUT2D eigenvalue weighted by Crippen LogP contribution is 2.37. The number of phenolic OH excluding ortho intramolecular Hbond substituents is 1. The normalized spacial score (nSPS) is 16.8. The van der Waals surface area contributed by atoms with Crippen molar-refractivity contribution < 1.29 is 9.84 Å². The molecule has 1 unspecified atom stereocenters. The Morgan fingerprint density at radius 2 is 2.10 bits per heavy atom. The predicted octanol–water partition coefficient (Wildman–Crippen LogP) is 4.15. The molecule has 0 saturated heterocycles. The SMILES string of the molecule is COc1ccc(Cl)c(NC2CCc3cc(O)ccc32)c1. The van der Waals surface area contributed by atoms with Crippen LogP contribution in [0.5, 0.6) is 11.5 Å². The summed E-state index contributed by atoms with van der Waals surface area (Å²) in [6, 6.07) is 11.3. The van der Waals surface area contributed by atoms with Crippen molar-refractivity contribution in [2.24, 2.45) is 0 Å². The summed E-state index contributed by atoms with van der Waals surface area (Å²) in [6.07, 6.45) is 1.95. The van der Waals surface area contributed by atoms with Crippen molar-refractivity contribution in [2.75, 3.05) is 12.4 Å². The largest absolute Gasteiger partial charge is 0.508 e. The second kappa shape index (κ2) is 5.25. The number of aryl methyl sites for hydroxylation is 1. The third-order valence-electron chi connectivity index (χ3n) is 3.71. The minimum Gasteiger partial charge on any atom is -0.508 e. The fourth-order valence-corrected chi connectivity index (χ4v) is 2.86. The van der Waals surface area contributed by atoms with Gasteiger partial charge in [0.05, 0.1) is 23.9 Å². The van der Waals surface area contributed by atoms with Crippen molar-refractivity contribution in [1.29, 1.82) is 0 Å². The van der Waals surface area contributed by atoms with Gasteiger partial charge in [-0.3, -0.25) is 0 Å². The molecule has 104 valence electrons. The first kappa shape index (κ1) is 13.1. The van der Waals surface area contributed by atoms with Crippen LogP contribution < -0.4 is 10.1 Å². The lowest BCUT2D eigenvalue weighted by molar-refractivity contribution is 0.415. The van der Waals surface area contributed by atoms with E-state index in [4.69, 9.17) is 16.3 Å². The van der Waals surface area contributed by atoms with E-state index in [0.29, 0.717) is 10.8 Å². The lowest BCUT2D eigenvalue weighted by Gasteiger charge is -2.17. The molecular formula is C16H16ClNO2. The average molecular weight is 290 g/mol. The minimum atomic E-state index is 0.218. The van der Waals surface area contributed by atoms with Gasteiger partial charge in [0.25, 0.3) is 0 Å². The highest BCUT2D eigenvalue weighted by molar-refractivity contribution is 6.33. The van der Waals surface area contributed by atoms with Crippen LogP contribution in [-0.2, 0) is 6.42 Å². The molecular weight excluding hydrogens is 274 g/mol. The zero-order valence-corrected chi connectivity index (χ0v) is 11.9. The van der Waals surface area contributed by atoms with E-state index in [9.17, 15) is 5.11 Å². The molecule has 0 saturated carbocycles. The van der Waals surface area contributed by atoms with E-state index in [1.807, 2.05) is 30.3 Å². The lowest BCUT2D eigenvalue weighted by atomic mass is 10.1. The van der Waals surface area contributed by atoms with Gasteiger partial charge >= 0.3 is 0 Å². The number of fused-ring (bicyclic) bond motifs is 1. The van der Waals surface area contributed by atoms with Crippen molar-refractivity contribution >= 4 is 17.3 Å². The van der Waals surface area contributed by atoms with Crippen molar-refractivity contribution in [3.05, 3.63) is 52.5 Å². The van der Waals surface area contributed by atoms with Gasteiger partial charge in [0, 0.05) is 6.07 Å². The van der Waals surface area contributed by atoms with Gasteiger partial charge in [-0.05, 0) is 48.2 Å². The van der Waals surface area contributed by atoms with Crippen LogP contribution in [0, 0.1) is 0 Å². The third-order valence-corrected chi connectivity index (χ3v) is 4.04. The van der Waals surface area contributed by atoms with Gasteiger partial charge in [0.15, 0.2) is 0 Å². The van der Waals surface area contributed by atoms with Gasteiger partial charge in [-0.25, -0.2) is 0 Å². The number of benzene rings is 2. The first-order valence-corrected chi connectivity index (χ1v) is 6.97. The number of nitrogens with one attached hydrogen (secondary N) is 1. The molecule has 0 bridgehead atoms. The van der Waals surface area contributed by atoms with E-state index in [0.717, 1.165) is 24.3 Å². The number of anilines is 1. The Balaban J connectivity index is 1.87. The molecule has 1 aliphatic rings. The van der Waals surface area contributed by atoms with Crippen LogP contribution >= 0.6 is 11.6 Å². The van der Waals surface area contributed by atoms with Crippen LogP contribution in [0.3, 0.4) is 0 Å². The maximum Gasteiger partial charge on any atom is 0.121 e. The van der Waals surface area contributed by atoms with Crippen LogP contribution in [0.1, 0.15) is 23.6 Å². The summed E-state index contributed by atoms with van der Waals surface area (Å²) in [4.78, 5) is 0. The van der Waals surface area contributed by atoms with Crippen molar-refractivity contribution in [2.45, 2.75) is 18.9 Å². The molecule has 0 spiro atoms. The Bertz CT molecular complexity index is 642. The van der Waals surface area contributed by atoms with E-state index in [1.54, 1.807) is 13.2 Å². The van der Waals surface area contributed by atoms with Gasteiger partial charge in [-0.15, -0.1) is 0 Å². The highest BCUT2D eigenvalue weighted by Gasteiger charge is 2.23. The number of methoxy groups -OCH3 is 1. The van der Waals surface area contributed by atoms with Crippen LogP contribution in [-0.4, -0.2) is 12.2 Å². The number of hydrogen-bond acceptors (Lipinski definition) is 3. The molecule has 4 heteroatoms. The standard InChI is InChI=1S/C16H16ClNO2/c1-20-12-4-6-14(17)16(9-12)18-15-7-2-10-8-11(19)3-5-13(10)15/h3-6,8-9,15,18-19H,2,7H2,1H3. The van der Waals surface area contributed by atoms with E-state index in [1.165, 1.54) is 11.1 Å². The number of ether oxygens (including phenoxy) is 1. The summed E-state index contributed by atoms with van der Waals surface area (Å²) in [5.41, 5.74) is 3.29. The second-order valence-corrected chi connectivity index (χ2v) is 5.37. The van der Waals surface area contributed by atoms with Crippen LogP contribution in [0.4, 0.5) is 5.69 Å². The summed E-state index contributed by atoms with van der Waals surface area (Å²) < 4.78 is 5.23.